The first-order valence-electron chi connectivity index (χ1n) is 7.02. The molecule has 0 radical (unpaired) electrons. The van der Waals surface area contributed by atoms with E-state index in [4.69, 9.17) is 11.2 Å². The van der Waals surface area contributed by atoms with Crippen molar-refractivity contribution in [2.45, 2.75) is 25.8 Å². The number of hydrogen-bond donors (Lipinski definition) is 1. The molecule has 2 aromatic rings. The van der Waals surface area contributed by atoms with Gasteiger partial charge in [-0.15, -0.1) is 17.8 Å². The molecule has 0 aliphatic rings. The van der Waals surface area contributed by atoms with Gasteiger partial charge in [-0.1, -0.05) is 44.0 Å². The molecular weight excluding hydrogens is 278 g/mol. The van der Waals surface area contributed by atoms with Crippen molar-refractivity contribution in [3.8, 4) is 18.1 Å². The molecule has 0 spiro atoms. The molecule has 1 aromatic heterocycles. The molecule has 0 atom stereocenters. The maximum Gasteiger partial charge on any atom is 0.148 e. The molecule has 2 rings (SSSR count). The topological polar surface area (TPSA) is 21.3 Å². The molecule has 1 heterocycles. The van der Waals surface area contributed by atoms with Crippen LogP contribution in [0.4, 0.5) is 0 Å². The molecule has 2 nitrogen and oxygen atoms in total. The van der Waals surface area contributed by atoms with Gasteiger partial charge in [0, 0.05) is 28.9 Å². The number of hydrogen-bond acceptors (Lipinski definition) is 3. The predicted octanol–water partition coefficient (Wildman–Crippen LogP) is 3.83. The van der Waals surface area contributed by atoms with Crippen molar-refractivity contribution < 1.29 is 4.74 Å². The highest BCUT2D eigenvalue weighted by molar-refractivity contribution is 7.10. The van der Waals surface area contributed by atoms with Crippen molar-refractivity contribution in [1.29, 1.82) is 0 Å². The molecule has 0 aliphatic carbocycles. The van der Waals surface area contributed by atoms with E-state index < -0.39 is 0 Å². The molecule has 0 unspecified atom stereocenters. The minimum absolute atomic E-state index is 0.128. The van der Waals surface area contributed by atoms with Crippen LogP contribution in [0.25, 0.3) is 0 Å². The van der Waals surface area contributed by atoms with E-state index in [1.165, 1.54) is 4.88 Å². The van der Waals surface area contributed by atoms with Gasteiger partial charge in [0.2, 0.25) is 0 Å². The molecule has 1 N–H and O–H groups in total. The Morgan fingerprint density at radius 2 is 2.05 bits per heavy atom. The van der Waals surface area contributed by atoms with Crippen LogP contribution >= 0.6 is 11.3 Å². The van der Waals surface area contributed by atoms with Crippen molar-refractivity contribution >= 4 is 11.3 Å². The van der Waals surface area contributed by atoms with Crippen molar-refractivity contribution in [1.82, 2.24) is 5.32 Å². The highest BCUT2D eigenvalue weighted by Gasteiger charge is 2.21. The summed E-state index contributed by atoms with van der Waals surface area (Å²) >= 11 is 1.80. The molecule has 0 saturated heterocycles. The van der Waals surface area contributed by atoms with Crippen molar-refractivity contribution in [3.63, 3.8) is 0 Å². The van der Waals surface area contributed by atoms with Gasteiger partial charge < -0.3 is 10.1 Å². The largest absolute Gasteiger partial charge is 0.481 e. The Hall–Kier alpha value is -1.76. The molecule has 3 heteroatoms. The Labute approximate surface area is 131 Å². The average molecular weight is 299 g/mol. The molecule has 1 aromatic carbocycles. The van der Waals surface area contributed by atoms with E-state index in [1.807, 2.05) is 18.2 Å². The van der Waals surface area contributed by atoms with Crippen LogP contribution in [-0.4, -0.2) is 13.2 Å². The van der Waals surface area contributed by atoms with Crippen LogP contribution < -0.4 is 10.1 Å². The maximum atomic E-state index is 5.57. The third-order valence-electron chi connectivity index (χ3n) is 3.35. The number of para-hydroxylation sites is 1. The number of terminal acetylenes is 1. The Morgan fingerprint density at radius 1 is 1.24 bits per heavy atom. The third-order valence-corrected chi connectivity index (χ3v) is 4.59. The first-order chi connectivity index (χ1) is 10.1. The summed E-state index contributed by atoms with van der Waals surface area (Å²) in [6.45, 7) is 6.50. The van der Waals surface area contributed by atoms with Gasteiger partial charge in [-0.05, 0) is 17.5 Å². The third kappa shape index (κ3) is 4.35. The fourth-order valence-corrected chi connectivity index (χ4v) is 3.02. The summed E-state index contributed by atoms with van der Waals surface area (Å²) in [4.78, 5) is 1.40. The lowest BCUT2D eigenvalue weighted by Gasteiger charge is -2.24. The van der Waals surface area contributed by atoms with Gasteiger partial charge in [-0.2, -0.15) is 0 Å². The van der Waals surface area contributed by atoms with Crippen LogP contribution in [-0.2, 0) is 12.0 Å². The quantitative estimate of drug-likeness (QED) is 0.785. The van der Waals surface area contributed by atoms with E-state index >= 15 is 0 Å². The van der Waals surface area contributed by atoms with E-state index in [0.717, 1.165) is 24.4 Å². The predicted molar refractivity (Wildman–Crippen MR) is 89.8 cm³/mol. The number of rotatable bonds is 7. The van der Waals surface area contributed by atoms with Gasteiger partial charge in [0.05, 0.1) is 0 Å². The monoisotopic (exact) mass is 299 g/mol. The Kier molecular flexibility index (Phi) is 5.44. The van der Waals surface area contributed by atoms with Crippen LogP contribution in [0, 0.1) is 12.3 Å². The molecular formula is C18H21NOS. The minimum atomic E-state index is 0.128. The number of benzene rings is 1. The standard InChI is InChI=1S/C18H21NOS/c1-4-11-20-16-9-6-5-8-15(16)13-19-14-18(2,3)17-10-7-12-21-17/h1,5-10,12,19H,11,13-14H2,2-3H3. The van der Waals surface area contributed by atoms with Crippen molar-refractivity contribution in [2.75, 3.05) is 13.2 Å². The van der Waals surface area contributed by atoms with Crippen LogP contribution in [0.5, 0.6) is 5.75 Å². The average Bonchev–Trinajstić information content (AvgIpc) is 3.01. The lowest BCUT2D eigenvalue weighted by molar-refractivity contribution is 0.363. The highest BCUT2D eigenvalue weighted by atomic mass is 32.1. The summed E-state index contributed by atoms with van der Waals surface area (Å²) in [5, 5.41) is 5.65. The minimum Gasteiger partial charge on any atom is -0.481 e. The first kappa shape index (κ1) is 15.6. The number of thiophene rings is 1. The summed E-state index contributed by atoms with van der Waals surface area (Å²) < 4.78 is 5.57. The number of nitrogens with one attached hydrogen (secondary N) is 1. The van der Waals surface area contributed by atoms with E-state index in [0.29, 0.717) is 6.61 Å². The first-order valence-corrected chi connectivity index (χ1v) is 7.90. The summed E-state index contributed by atoms with van der Waals surface area (Å²) in [6.07, 6.45) is 5.25. The summed E-state index contributed by atoms with van der Waals surface area (Å²) in [5.74, 6) is 3.36. The smallest absolute Gasteiger partial charge is 0.148 e. The number of ether oxygens (including phenoxy) is 1. The summed E-state index contributed by atoms with van der Waals surface area (Å²) in [6, 6.07) is 12.3. The van der Waals surface area contributed by atoms with Crippen LogP contribution in [0.2, 0.25) is 0 Å². The van der Waals surface area contributed by atoms with Crippen LogP contribution in [0.1, 0.15) is 24.3 Å². The second kappa shape index (κ2) is 7.31. The maximum absolute atomic E-state index is 5.57. The van der Waals surface area contributed by atoms with Gasteiger partial charge in [0.1, 0.15) is 12.4 Å². The molecule has 0 bridgehead atoms. The second-order valence-corrected chi connectivity index (χ2v) is 6.51. The van der Waals surface area contributed by atoms with Gasteiger partial charge >= 0.3 is 0 Å². The zero-order valence-corrected chi connectivity index (χ0v) is 13.4. The van der Waals surface area contributed by atoms with E-state index in [1.54, 1.807) is 11.3 Å². The summed E-state index contributed by atoms with van der Waals surface area (Å²) in [7, 11) is 0. The van der Waals surface area contributed by atoms with Crippen LogP contribution in [0.15, 0.2) is 41.8 Å². The lowest BCUT2D eigenvalue weighted by Crippen LogP contribution is -2.32. The Balaban J connectivity index is 1.93. The molecule has 110 valence electrons. The molecule has 0 saturated carbocycles. The van der Waals surface area contributed by atoms with Crippen LogP contribution in [0.3, 0.4) is 0 Å². The van der Waals surface area contributed by atoms with E-state index in [2.05, 4.69) is 48.7 Å². The van der Waals surface area contributed by atoms with Crippen molar-refractivity contribution in [3.05, 3.63) is 52.2 Å². The molecule has 21 heavy (non-hydrogen) atoms. The Morgan fingerprint density at radius 3 is 2.76 bits per heavy atom. The van der Waals surface area contributed by atoms with E-state index in [-0.39, 0.29) is 5.41 Å². The zero-order chi connectivity index (χ0) is 15.1. The lowest BCUT2D eigenvalue weighted by atomic mass is 9.91. The van der Waals surface area contributed by atoms with Gasteiger partial charge in [-0.25, -0.2) is 0 Å². The van der Waals surface area contributed by atoms with Gasteiger partial charge in [-0.3, -0.25) is 0 Å². The van der Waals surface area contributed by atoms with Gasteiger partial charge in [0.25, 0.3) is 0 Å². The fourth-order valence-electron chi connectivity index (χ4n) is 2.17. The summed E-state index contributed by atoms with van der Waals surface area (Å²) in [5.41, 5.74) is 1.26. The Bertz CT molecular complexity index is 596. The molecule has 0 amide bonds. The second-order valence-electron chi connectivity index (χ2n) is 5.57. The zero-order valence-electron chi connectivity index (χ0n) is 12.6. The molecule has 0 aliphatic heterocycles. The van der Waals surface area contributed by atoms with E-state index in [9.17, 15) is 0 Å². The highest BCUT2D eigenvalue weighted by Crippen LogP contribution is 2.27. The fraction of sp³-hybridized carbons (Fsp3) is 0.333. The normalized spacial score (nSPS) is 11.1. The van der Waals surface area contributed by atoms with Gasteiger partial charge in [0.15, 0.2) is 0 Å². The molecule has 0 fully saturated rings. The SMILES string of the molecule is C#CCOc1ccccc1CNCC(C)(C)c1cccs1. The van der Waals surface area contributed by atoms with Crippen molar-refractivity contribution in [2.24, 2.45) is 0 Å².